The molecule has 1 aromatic carbocycles. The Morgan fingerprint density at radius 1 is 0.886 bits per heavy atom. The number of rotatable bonds is 6. The van der Waals surface area contributed by atoms with Crippen LogP contribution in [-0.4, -0.2) is 67.7 Å². The van der Waals surface area contributed by atoms with Gasteiger partial charge in [0.05, 0.1) is 33.0 Å². The number of nitrogens with zero attached hydrogens (tertiary/aromatic N) is 4. The topological polar surface area (TPSA) is 87.9 Å². The molecule has 184 valence electrons. The molecule has 0 radical (unpaired) electrons. The first-order chi connectivity index (χ1) is 17.1. The average molecular weight is 515 g/mol. The second-order valence-electron chi connectivity index (χ2n) is 8.19. The first-order valence-electron chi connectivity index (χ1n) is 11.6. The number of aromatic nitrogens is 2. The van der Waals surface area contributed by atoms with E-state index in [2.05, 4.69) is 20.4 Å². The molecule has 2 fully saturated rings. The Bertz CT molecular complexity index is 1110. The van der Waals surface area contributed by atoms with E-state index >= 15 is 0 Å². The summed E-state index contributed by atoms with van der Waals surface area (Å²) in [5.74, 6) is 3.70. The SMILES string of the molecule is S=C(NCc1ccc(-c2ccc(Cl)cc2)o1)Nc1nc(N2CCOCC2)cc(N2CCOCC2)n1. The van der Waals surface area contributed by atoms with Gasteiger partial charge in [-0.15, -0.1) is 0 Å². The lowest BCUT2D eigenvalue weighted by Crippen LogP contribution is -2.39. The summed E-state index contributed by atoms with van der Waals surface area (Å²) in [6.07, 6.45) is 0. The highest BCUT2D eigenvalue weighted by Crippen LogP contribution is 2.25. The fourth-order valence-corrected chi connectivity index (χ4v) is 4.23. The largest absolute Gasteiger partial charge is 0.459 e. The molecule has 0 unspecified atom stereocenters. The zero-order chi connectivity index (χ0) is 24.0. The van der Waals surface area contributed by atoms with Gasteiger partial charge < -0.3 is 34.3 Å². The Morgan fingerprint density at radius 3 is 2.09 bits per heavy atom. The highest BCUT2D eigenvalue weighted by molar-refractivity contribution is 7.80. The van der Waals surface area contributed by atoms with Crippen molar-refractivity contribution in [1.29, 1.82) is 0 Å². The molecule has 2 saturated heterocycles. The number of ether oxygens (including phenoxy) is 2. The van der Waals surface area contributed by atoms with E-state index in [9.17, 15) is 0 Å². The van der Waals surface area contributed by atoms with E-state index in [1.54, 1.807) is 0 Å². The van der Waals surface area contributed by atoms with Gasteiger partial charge >= 0.3 is 0 Å². The molecule has 3 aromatic rings. The van der Waals surface area contributed by atoms with Gasteiger partial charge in [0, 0.05) is 42.8 Å². The number of morpholine rings is 2. The maximum atomic E-state index is 5.97. The van der Waals surface area contributed by atoms with Crippen LogP contribution in [0.5, 0.6) is 0 Å². The first kappa shape index (κ1) is 23.8. The van der Waals surface area contributed by atoms with E-state index < -0.39 is 0 Å². The van der Waals surface area contributed by atoms with Crippen molar-refractivity contribution >= 4 is 46.5 Å². The van der Waals surface area contributed by atoms with Crippen LogP contribution in [0.25, 0.3) is 11.3 Å². The first-order valence-corrected chi connectivity index (χ1v) is 12.4. The smallest absolute Gasteiger partial charge is 0.232 e. The van der Waals surface area contributed by atoms with Crippen LogP contribution in [-0.2, 0) is 16.0 Å². The maximum Gasteiger partial charge on any atom is 0.232 e. The lowest BCUT2D eigenvalue weighted by molar-refractivity contribution is 0.122. The Hall–Kier alpha value is -2.92. The predicted octanol–water partition coefficient (Wildman–Crippen LogP) is 3.55. The summed E-state index contributed by atoms with van der Waals surface area (Å²) < 4.78 is 16.9. The number of halogens is 1. The van der Waals surface area contributed by atoms with Crippen molar-refractivity contribution < 1.29 is 13.9 Å². The van der Waals surface area contributed by atoms with Crippen molar-refractivity contribution in [2.24, 2.45) is 0 Å². The van der Waals surface area contributed by atoms with Crippen LogP contribution in [0, 0.1) is 0 Å². The van der Waals surface area contributed by atoms with Gasteiger partial charge in [0.1, 0.15) is 23.2 Å². The van der Waals surface area contributed by atoms with Gasteiger partial charge in [-0.25, -0.2) is 0 Å². The van der Waals surface area contributed by atoms with Gasteiger partial charge in [-0.05, 0) is 48.6 Å². The normalized spacial score (nSPS) is 16.3. The van der Waals surface area contributed by atoms with Gasteiger partial charge in [0.15, 0.2) is 5.11 Å². The minimum atomic E-state index is 0.418. The Kier molecular flexibility index (Phi) is 7.63. The molecule has 2 N–H and O–H groups in total. The van der Waals surface area contributed by atoms with E-state index in [4.69, 9.17) is 47.7 Å². The molecule has 0 spiro atoms. The number of benzene rings is 1. The third-order valence-corrected chi connectivity index (χ3v) is 6.31. The standard InChI is InChI=1S/C24H27ClN6O3S/c25-18-3-1-17(2-4-18)20-6-5-19(34-20)16-26-24(35)29-23-27-21(30-7-11-32-12-8-30)15-22(28-23)31-9-13-33-14-10-31/h1-6,15H,7-14,16H2,(H2,26,27,28,29,35). The number of thiocarbonyl (C=S) groups is 1. The third kappa shape index (κ3) is 6.21. The highest BCUT2D eigenvalue weighted by Gasteiger charge is 2.19. The molecule has 35 heavy (non-hydrogen) atoms. The molecule has 0 amide bonds. The molecule has 11 heteroatoms. The van der Waals surface area contributed by atoms with E-state index in [1.807, 2.05) is 42.5 Å². The van der Waals surface area contributed by atoms with Crippen LogP contribution in [0.3, 0.4) is 0 Å². The van der Waals surface area contributed by atoms with Crippen LogP contribution in [0.1, 0.15) is 5.76 Å². The predicted molar refractivity (Wildman–Crippen MR) is 140 cm³/mol. The molecule has 0 aliphatic carbocycles. The van der Waals surface area contributed by atoms with Gasteiger partial charge in [0.2, 0.25) is 5.95 Å². The van der Waals surface area contributed by atoms with Crippen molar-refractivity contribution in [2.45, 2.75) is 6.54 Å². The van der Waals surface area contributed by atoms with Crippen LogP contribution in [0.15, 0.2) is 46.9 Å². The second-order valence-corrected chi connectivity index (χ2v) is 9.03. The van der Waals surface area contributed by atoms with Crippen molar-refractivity contribution in [1.82, 2.24) is 15.3 Å². The van der Waals surface area contributed by atoms with Crippen LogP contribution >= 0.6 is 23.8 Å². The summed E-state index contributed by atoms with van der Waals surface area (Å²) in [6.45, 7) is 6.31. The van der Waals surface area contributed by atoms with Crippen molar-refractivity contribution in [2.75, 3.05) is 67.7 Å². The van der Waals surface area contributed by atoms with Crippen molar-refractivity contribution in [3.8, 4) is 11.3 Å². The highest BCUT2D eigenvalue weighted by atomic mass is 35.5. The van der Waals surface area contributed by atoms with Gasteiger partial charge in [0.25, 0.3) is 0 Å². The average Bonchev–Trinajstić information content (AvgIpc) is 3.38. The second kappa shape index (κ2) is 11.2. The molecule has 4 heterocycles. The van der Waals surface area contributed by atoms with Crippen LogP contribution in [0.2, 0.25) is 5.02 Å². The number of hydrogen-bond donors (Lipinski definition) is 2. The zero-order valence-corrected chi connectivity index (χ0v) is 20.8. The molecule has 2 aromatic heterocycles. The van der Waals surface area contributed by atoms with E-state index in [0.717, 1.165) is 54.9 Å². The van der Waals surface area contributed by atoms with E-state index in [0.29, 0.717) is 49.1 Å². The number of hydrogen-bond acceptors (Lipinski definition) is 8. The quantitative estimate of drug-likeness (QED) is 0.476. The molecule has 0 atom stereocenters. The minimum absolute atomic E-state index is 0.418. The lowest BCUT2D eigenvalue weighted by atomic mass is 10.2. The minimum Gasteiger partial charge on any atom is -0.459 e. The summed E-state index contributed by atoms with van der Waals surface area (Å²) in [5, 5.41) is 7.43. The number of anilines is 3. The zero-order valence-electron chi connectivity index (χ0n) is 19.2. The van der Waals surface area contributed by atoms with E-state index in [-0.39, 0.29) is 0 Å². The Labute approximate surface area is 214 Å². The van der Waals surface area contributed by atoms with E-state index in [1.165, 1.54) is 0 Å². The fourth-order valence-electron chi connectivity index (χ4n) is 3.94. The molecular formula is C24H27ClN6O3S. The molecule has 0 bridgehead atoms. The third-order valence-electron chi connectivity index (χ3n) is 5.81. The molecule has 0 saturated carbocycles. The van der Waals surface area contributed by atoms with Crippen molar-refractivity contribution in [3.63, 3.8) is 0 Å². The van der Waals surface area contributed by atoms with Crippen LogP contribution < -0.4 is 20.4 Å². The van der Waals surface area contributed by atoms with Crippen LogP contribution in [0.4, 0.5) is 17.6 Å². The molecule has 9 nitrogen and oxygen atoms in total. The summed E-state index contributed by atoms with van der Waals surface area (Å²) >= 11 is 11.5. The Balaban J connectivity index is 1.25. The molecule has 2 aliphatic rings. The lowest BCUT2D eigenvalue weighted by Gasteiger charge is -2.31. The molecule has 5 rings (SSSR count). The van der Waals surface area contributed by atoms with Gasteiger partial charge in [-0.2, -0.15) is 9.97 Å². The Morgan fingerprint density at radius 2 is 1.49 bits per heavy atom. The number of nitrogens with one attached hydrogen (secondary N) is 2. The maximum absolute atomic E-state index is 5.97. The summed E-state index contributed by atoms with van der Waals surface area (Å²) in [7, 11) is 0. The fraction of sp³-hybridized carbons (Fsp3) is 0.375. The monoisotopic (exact) mass is 514 g/mol. The van der Waals surface area contributed by atoms with Crippen molar-refractivity contribution in [3.05, 3.63) is 53.2 Å². The molecular weight excluding hydrogens is 488 g/mol. The van der Waals surface area contributed by atoms with Gasteiger partial charge in [-0.3, -0.25) is 0 Å². The summed E-state index contributed by atoms with van der Waals surface area (Å²) in [4.78, 5) is 13.9. The van der Waals surface area contributed by atoms with Gasteiger partial charge in [-0.1, -0.05) is 11.6 Å². The number of furan rings is 1. The molecule has 2 aliphatic heterocycles. The summed E-state index contributed by atoms with van der Waals surface area (Å²) in [6, 6.07) is 13.4. The summed E-state index contributed by atoms with van der Waals surface area (Å²) in [5.41, 5.74) is 0.963.